The number of nitrogens with one attached hydrogen (secondary N) is 2. The van der Waals surface area contributed by atoms with Crippen molar-refractivity contribution in [2.45, 2.75) is 0 Å². The van der Waals surface area contributed by atoms with Crippen LogP contribution in [0.25, 0.3) is 10.2 Å². The molecule has 2 heterocycles. The number of ether oxygens (including phenoxy) is 1. The van der Waals surface area contributed by atoms with Crippen molar-refractivity contribution in [2.75, 3.05) is 24.0 Å². The van der Waals surface area contributed by atoms with Gasteiger partial charge in [0.25, 0.3) is 0 Å². The molecule has 5 nitrogen and oxygen atoms in total. The molecule has 0 aliphatic carbocycles. The number of nitrogens with zero attached hydrogens (tertiary/aromatic N) is 2. The fraction of sp³-hybridized carbons (Fsp3) is 0.125. The Balaban J connectivity index is 1.75. The lowest BCUT2D eigenvalue weighted by atomic mass is 10.1. The molecular weight excluding hydrogens is 423 g/mol. The molecule has 4 rings (SSSR count). The fourth-order valence-electron chi connectivity index (χ4n) is 2.68. The maximum atomic E-state index is 8.58. The lowest BCUT2D eigenvalue weighted by molar-refractivity contribution is 0.412. The van der Waals surface area contributed by atoms with Gasteiger partial charge in [0.15, 0.2) is 0 Å². The van der Waals surface area contributed by atoms with E-state index in [1.807, 2.05) is 34.7 Å². The number of methoxy groups -OCH3 is 1. The SMILES string of the molecule is COc1cc2c(cc1I)C(=N)N(c1ccc3scnc3c1)CN2. The van der Waals surface area contributed by atoms with Crippen LogP contribution >= 0.6 is 33.9 Å². The number of benzene rings is 2. The summed E-state index contributed by atoms with van der Waals surface area (Å²) in [4.78, 5) is 6.31. The van der Waals surface area contributed by atoms with Crippen molar-refractivity contribution in [2.24, 2.45) is 0 Å². The van der Waals surface area contributed by atoms with Gasteiger partial charge in [-0.1, -0.05) is 0 Å². The zero-order valence-electron chi connectivity index (χ0n) is 12.3. The van der Waals surface area contributed by atoms with Crippen molar-refractivity contribution in [1.29, 1.82) is 5.41 Å². The van der Waals surface area contributed by atoms with Crippen LogP contribution in [-0.2, 0) is 0 Å². The van der Waals surface area contributed by atoms with Gasteiger partial charge >= 0.3 is 0 Å². The van der Waals surface area contributed by atoms with Crippen molar-refractivity contribution in [3.05, 3.63) is 45.0 Å². The summed E-state index contributed by atoms with van der Waals surface area (Å²) in [7, 11) is 1.66. The molecule has 0 spiro atoms. The van der Waals surface area contributed by atoms with Crippen LogP contribution in [0.1, 0.15) is 5.56 Å². The number of anilines is 2. The molecule has 0 amide bonds. The van der Waals surface area contributed by atoms with Crippen LogP contribution in [-0.4, -0.2) is 24.6 Å². The van der Waals surface area contributed by atoms with Crippen molar-refractivity contribution in [1.82, 2.24) is 4.98 Å². The molecule has 1 aromatic heterocycles. The molecule has 0 bridgehead atoms. The third kappa shape index (κ3) is 2.43. The fourth-order valence-corrected chi connectivity index (χ4v) is 4.02. The highest BCUT2D eigenvalue weighted by Gasteiger charge is 2.24. The van der Waals surface area contributed by atoms with Gasteiger partial charge in [0.2, 0.25) is 0 Å². The Morgan fingerprint density at radius 1 is 1.35 bits per heavy atom. The van der Waals surface area contributed by atoms with Gasteiger partial charge < -0.3 is 15.0 Å². The molecule has 2 aromatic carbocycles. The highest BCUT2D eigenvalue weighted by molar-refractivity contribution is 14.1. The van der Waals surface area contributed by atoms with Crippen molar-refractivity contribution >= 4 is 61.4 Å². The molecule has 116 valence electrons. The molecule has 1 aliphatic heterocycles. The van der Waals surface area contributed by atoms with Crippen LogP contribution in [0.5, 0.6) is 5.75 Å². The minimum absolute atomic E-state index is 0.480. The van der Waals surface area contributed by atoms with Crippen LogP contribution < -0.4 is 15.0 Å². The van der Waals surface area contributed by atoms with Crippen molar-refractivity contribution < 1.29 is 4.74 Å². The smallest absolute Gasteiger partial charge is 0.136 e. The molecule has 23 heavy (non-hydrogen) atoms. The third-order valence-corrected chi connectivity index (χ3v) is 5.52. The summed E-state index contributed by atoms with van der Waals surface area (Å²) in [5.41, 5.74) is 5.59. The summed E-state index contributed by atoms with van der Waals surface area (Å²) in [5, 5.41) is 12.0. The monoisotopic (exact) mass is 436 g/mol. The average Bonchev–Trinajstić information content (AvgIpc) is 3.03. The van der Waals surface area contributed by atoms with Crippen LogP contribution in [0, 0.1) is 8.98 Å². The number of halogens is 1. The van der Waals surface area contributed by atoms with Crippen LogP contribution in [0.2, 0.25) is 0 Å². The summed E-state index contributed by atoms with van der Waals surface area (Å²) in [6.45, 7) is 0.547. The molecule has 3 aromatic rings. The van der Waals surface area contributed by atoms with Gasteiger partial charge in [-0.05, 0) is 46.9 Å². The van der Waals surface area contributed by atoms with E-state index in [1.54, 1.807) is 18.4 Å². The summed E-state index contributed by atoms with van der Waals surface area (Å²) < 4.78 is 7.51. The largest absolute Gasteiger partial charge is 0.496 e. The van der Waals surface area contributed by atoms with E-state index in [2.05, 4.69) is 39.0 Å². The standard InChI is InChI=1S/C16H13IN4OS/c1-22-14-6-12-10(5-11(14)17)16(18)21(7-19-12)9-2-3-15-13(4-9)20-8-23-15/h2-6,8,18-19H,7H2,1H3. The van der Waals surface area contributed by atoms with Crippen molar-refractivity contribution in [3.63, 3.8) is 0 Å². The minimum atomic E-state index is 0.480. The second-order valence-electron chi connectivity index (χ2n) is 5.15. The molecule has 0 saturated carbocycles. The van der Waals surface area contributed by atoms with Gasteiger partial charge in [-0.15, -0.1) is 11.3 Å². The summed E-state index contributed by atoms with van der Waals surface area (Å²) in [6, 6.07) is 10.1. The van der Waals surface area contributed by atoms with Gasteiger partial charge in [-0.2, -0.15) is 0 Å². The topological polar surface area (TPSA) is 61.2 Å². The first-order valence-corrected chi connectivity index (χ1v) is 8.94. The Labute approximate surface area is 150 Å². The maximum Gasteiger partial charge on any atom is 0.136 e. The number of amidine groups is 1. The predicted molar refractivity (Wildman–Crippen MR) is 103 cm³/mol. The van der Waals surface area contributed by atoms with Gasteiger partial charge in [0.05, 0.1) is 38.8 Å². The molecule has 0 fully saturated rings. The van der Waals surface area contributed by atoms with Crippen LogP contribution in [0.3, 0.4) is 0 Å². The lowest BCUT2D eigenvalue weighted by Crippen LogP contribution is -2.40. The highest BCUT2D eigenvalue weighted by Crippen LogP contribution is 2.33. The number of hydrogen-bond donors (Lipinski definition) is 2. The Hall–Kier alpha value is -1.87. The first kappa shape index (κ1) is 14.7. The molecule has 0 radical (unpaired) electrons. The van der Waals surface area contributed by atoms with Gasteiger partial charge in [-0.25, -0.2) is 4.98 Å². The summed E-state index contributed by atoms with van der Waals surface area (Å²) in [6.07, 6.45) is 0. The van der Waals surface area contributed by atoms with E-state index in [9.17, 15) is 0 Å². The van der Waals surface area contributed by atoms with Gasteiger partial charge in [0.1, 0.15) is 11.6 Å². The lowest BCUT2D eigenvalue weighted by Gasteiger charge is -2.32. The molecule has 0 atom stereocenters. The van der Waals surface area contributed by atoms with E-state index >= 15 is 0 Å². The third-order valence-electron chi connectivity index (χ3n) is 3.87. The van der Waals surface area contributed by atoms with E-state index in [0.717, 1.165) is 36.5 Å². The number of hydrogen-bond acceptors (Lipinski definition) is 5. The molecule has 0 saturated heterocycles. The van der Waals surface area contributed by atoms with Gasteiger partial charge in [0, 0.05) is 17.3 Å². The average molecular weight is 436 g/mol. The molecule has 2 N–H and O–H groups in total. The van der Waals surface area contributed by atoms with E-state index in [-0.39, 0.29) is 0 Å². The second-order valence-corrected chi connectivity index (χ2v) is 7.20. The highest BCUT2D eigenvalue weighted by atomic mass is 127. The summed E-state index contributed by atoms with van der Waals surface area (Å²) in [5.74, 6) is 1.30. The number of rotatable bonds is 2. The van der Waals surface area contributed by atoms with Gasteiger partial charge in [-0.3, -0.25) is 5.41 Å². The first-order chi connectivity index (χ1) is 11.2. The Morgan fingerprint density at radius 3 is 3.04 bits per heavy atom. The zero-order valence-corrected chi connectivity index (χ0v) is 15.2. The minimum Gasteiger partial charge on any atom is -0.496 e. The maximum absolute atomic E-state index is 8.58. The Kier molecular flexibility index (Phi) is 3.61. The zero-order chi connectivity index (χ0) is 16.0. The van der Waals surface area contributed by atoms with E-state index in [0.29, 0.717) is 12.5 Å². The van der Waals surface area contributed by atoms with Crippen LogP contribution in [0.15, 0.2) is 35.8 Å². The Morgan fingerprint density at radius 2 is 2.22 bits per heavy atom. The molecule has 0 unspecified atom stereocenters. The quantitative estimate of drug-likeness (QED) is 0.594. The van der Waals surface area contributed by atoms with Crippen molar-refractivity contribution in [3.8, 4) is 5.75 Å². The normalized spacial score (nSPS) is 13.8. The van der Waals surface area contributed by atoms with E-state index in [1.165, 1.54) is 0 Å². The molecular formula is C16H13IN4OS. The number of thiazole rings is 1. The van der Waals surface area contributed by atoms with E-state index < -0.39 is 0 Å². The summed E-state index contributed by atoms with van der Waals surface area (Å²) >= 11 is 3.86. The number of fused-ring (bicyclic) bond motifs is 2. The second kappa shape index (κ2) is 5.64. The molecule has 1 aliphatic rings. The van der Waals surface area contributed by atoms with E-state index in [4.69, 9.17) is 10.1 Å². The molecule has 7 heteroatoms. The van der Waals surface area contributed by atoms with Crippen LogP contribution in [0.4, 0.5) is 11.4 Å². The Bertz CT molecular complexity index is 924. The number of aromatic nitrogens is 1. The predicted octanol–water partition coefficient (Wildman–Crippen LogP) is 4.12. The first-order valence-electron chi connectivity index (χ1n) is 6.98.